The van der Waals surface area contributed by atoms with E-state index >= 15 is 0 Å². The molecule has 0 aliphatic rings. The van der Waals surface area contributed by atoms with Gasteiger partial charge < -0.3 is 14.3 Å². The molecule has 1 aromatic carbocycles. The third-order valence-electron chi connectivity index (χ3n) is 2.60. The summed E-state index contributed by atoms with van der Waals surface area (Å²) in [6.07, 6.45) is 0. The molecule has 0 spiro atoms. The highest BCUT2D eigenvalue weighted by atomic mass is 35.5. The number of hydrogen-bond acceptors (Lipinski definition) is 3. The Morgan fingerprint density at radius 3 is 2.79 bits per heavy atom. The van der Waals surface area contributed by atoms with Gasteiger partial charge in [0.1, 0.15) is 23.7 Å². The second kappa shape index (κ2) is 5.91. The van der Waals surface area contributed by atoms with E-state index in [-0.39, 0.29) is 12.2 Å². The predicted molar refractivity (Wildman–Crippen MR) is 70.3 cm³/mol. The average Bonchev–Trinajstić information content (AvgIpc) is 2.71. The van der Waals surface area contributed by atoms with Crippen molar-refractivity contribution in [1.29, 1.82) is 0 Å². The number of carbonyl (C=O) groups is 1. The second-order valence-corrected chi connectivity index (χ2v) is 4.55. The Bertz CT molecular complexity index is 589. The molecule has 100 valence electrons. The molecule has 1 N–H and O–H groups in total. The summed E-state index contributed by atoms with van der Waals surface area (Å²) in [4.78, 5) is 10.9. The monoisotopic (exact) mass is 280 g/mol. The standard InChI is InChI=1S/C14H13ClO4/c1-9-13(14(16)17)6-12(19-9)8-18-7-10-3-2-4-11(15)5-10/h2-6H,7-8H2,1H3,(H,16,17). The van der Waals surface area contributed by atoms with E-state index in [2.05, 4.69) is 0 Å². The van der Waals surface area contributed by atoms with Crippen LogP contribution in [-0.2, 0) is 18.0 Å². The Morgan fingerprint density at radius 2 is 2.16 bits per heavy atom. The van der Waals surface area contributed by atoms with Crippen molar-refractivity contribution >= 4 is 17.6 Å². The number of halogens is 1. The van der Waals surface area contributed by atoms with E-state index < -0.39 is 5.97 Å². The Balaban J connectivity index is 1.92. The largest absolute Gasteiger partial charge is 0.478 e. The van der Waals surface area contributed by atoms with Crippen molar-refractivity contribution in [3.8, 4) is 0 Å². The van der Waals surface area contributed by atoms with Crippen molar-refractivity contribution in [3.05, 3.63) is 58.0 Å². The van der Waals surface area contributed by atoms with Gasteiger partial charge >= 0.3 is 5.97 Å². The number of carboxylic acids is 1. The van der Waals surface area contributed by atoms with E-state index in [1.165, 1.54) is 6.07 Å². The van der Waals surface area contributed by atoms with E-state index in [0.717, 1.165) is 5.56 Å². The molecule has 0 saturated carbocycles. The van der Waals surface area contributed by atoms with E-state index in [1.54, 1.807) is 13.0 Å². The fourth-order valence-electron chi connectivity index (χ4n) is 1.72. The molecule has 0 saturated heterocycles. The topological polar surface area (TPSA) is 59.7 Å². The quantitative estimate of drug-likeness (QED) is 0.908. The van der Waals surface area contributed by atoms with Crippen LogP contribution in [0.25, 0.3) is 0 Å². The third-order valence-corrected chi connectivity index (χ3v) is 2.84. The molecule has 4 nitrogen and oxygen atoms in total. The van der Waals surface area contributed by atoms with Gasteiger partial charge in [-0.05, 0) is 30.7 Å². The lowest BCUT2D eigenvalue weighted by atomic mass is 10.2. The van der Waals surface area contributed by atoms with E-state index in [9.17, 15) is 4.79 Å². The minimum atomic E-state index is -0.998. The fourth-order valence-corrected chi connectivity index (χ4v) is 1.94. The van der Waals surface area contributed by atoms with Crippen LogP contribution in [0.1, 0.15) is 27.4 Å². The highest BCUT2D eigenvalue weighted by Crippen LogP contribution is 2.17. The summed E-state index contributed by atoms with van der Waals surface area (Å²) >= 11 is 5.86. The summed E-state index contributed by atoms with van der Waals surface area (Å²) in [5, 5.41) is 9.55. The summed E-state index contributed by atoms with van der Waals surface area (Å²) in [6.45, 7) is 2.23. The number of furan rings is 1. The van der Waals surface area contributed by atoms with Gasteiger partial charge in [0.15, 0.2) is 0 Å². The maximum Gasteiger partial charge on any atom is 0.339 e. The lowest BCUT2D eigenvalue weighted by Crippen LogP contribution is -1.95. The molecule has 2 aromatic rings. The van der Waals surface area contributed by atoms with Crippen molar-refractivity contribution in [1.82, 2.24) is 0 Å². The van der Waals surface area contributed by atoms with Crippen LogP contribution >= 0.6 is 11.6 Å². The maximum absolute atomic E-state index is 10.9. The van der Waals surface area contributed by atoms with Crippen LogP contribution in [0.5, 0.6) is 0 Å². The lowest BCUT2D eigenvalue weighted by molar-refractivity contribution is 0.0695. The van der Waals surface area contributed by atoms with Gasteiger partial charge in [-0.3, -0.25) is 0 Å². The molecule has 0 aliphatic carbocycles. The van der Waals surface area contributed by atoms with Crippen molar-refractivity contribution in [2.75, 3.05) is 0 Å². The van der Waals surface area contributed by atoms with Crippen LogP contribution in [0.15, 0.2) is 34.7 Å². The summed E-state index contributed by atoms with van der Waals surface area (Å²) in [6, 6.07) is 8.84. The zero-order valence-electron chi connectivity index (χ0n) is 10.4. The minimum absolute atomic E-state index is 0.168. The molecule has 1 heterocycles. The fraction of sp³-hybridized carbons (Fsp3) is 0.214. The first-order chi connectivity index (χ1) is 9.06. The summed E-state index contributed by atoms with van der Waals surface area (Å²) in [5.74, 6) is -0.117. The normalized spacial score (nSPS) is 10.6. The smallest absolute Gasteiger partial charge is 0.339 e. The number of aryl methyl sites for hydroxylation is 1. The van der Waals surface area contributed by atoms with Crippen LogP contribution in [0.4, 0.5) is 0 Å². The zero-order chi connectivity index (χ0) is 13.8. The second-order valence-electron chi connectivity index (χ2n) is 4.11. The molecular weight excluding hydrogens is 268 g/mol. The van der Waals surface area contributed by atoms with Crippen LogP contribution in [-0.4, -0.2) is 11.1 Å². The molecule has 0 aliphatic heterocycles. The van der Waals surface area contributed by atoms with Gasteiger partial charge in [-0.1, -0.05) is 23.7 Å². The minimum Gasteiger partial charge on any atom is -0.478 e. The number of hydrogen-bond donors (Lipinski definition) is 1. The highest BCUT2D eigenvalue weighted by molar-refractivity contribution is 6.30. The molecule has 19 heavy (non-hydrogen) atoms. The first kappa shape index (κ1) is 13.6. The average molecular weight is 281 g/mol. The Kier molecular flexibility index (Phi) is 4.24. The number of rotatable bonds is 5. The van der Waals surface area contributed by atoms with Gasteiger partial charge in [0.05, 0.1) is 6.61 Å². The van der Waals surface area contributed by atoms with Crippen molar-refractivity contribution in [2.45, 2.75) is 20.1 Å². The number of ether oxygens (including phenoxy) is 1. The summed E-state index contributed by atoms with van der Waals surface area (Å²) in [7, 11) is 0. The molecular formula is C14H13ClO4. The number of benzene rings is 1. The molecule has 0 bridgehead atoms. The van der Waals surface area contributed by atoms with E-state index in [0.29, 0.717) is 23.2 Å². The Morgan fingerprint density at radius 1 is 1.37 bits per heavy atom. The van der Waals surface area contributed by atoms with Crippen molar-refractivity contribution < 1.29 is 19.1 Å². The van der Waals surface area contributed by atoms with Crippen molar-refractivity contribution in [3.63, 3.8) is 0 Å². The van der Waals surface area contributed by atoms with Crippen LogP contribution in [0.3, 0.4) is 0 Å². The summed E-state index contributed by atoms with van der Waals surface area (Å²) < 4.78 is 10.8. The molecule has 0 amide bonds. The number of aromatic carboxylic acids is 1. The molecule has 1 aromatic heterocycles. The lowest BCUT2D eigenvalue weighted by Gasteiger charge is -2.02. The van der Waals surface area contributed by atoms with Gasteiger partial charge in [0.2, 0.25) is 0 Å². The SMILES string of the molecule is Cc1oc(COCc2cccc(Cl)c2)cc1C(=O)O. The Labute approximate surface area is 115 Å². The van der Waals surface area contributed by atoms with Gasteiger partial charge in [-0.15, -0.1) is 0 Å². The Hall–Kier alpha value is -1.78. The zero-order valence-corrected chi connectivity index (χ0v) is 11.1. The molecule has 0 radical (unpaired) electrons. The first-order valence-electron chi connectivity index (χ1n) is 5.71. The van der Waals surface area contributed by atoms with Gasteiger partial charge in [-0.25, -0.2) is 4.79 Å². The molecule has 0 unspecified atom stereocenters. The van der Waals surface area contributed by atoms with Gasteiger partial charge in [0.25, 0.3) is 0 Å². The van der Waals surface area contributed by atoms with E-state index in [1.807, 2.05) is 18.2 Å². The highest BCUT2D eigenvalue weighted by Gasteiger charge is 2.13. The summed E-state index contributed by atoms with van der Waals surface area (Å²) in [5.41, 5.74) is 1.12. The van der Waals surface area contributed by atoms with Crippen LogP contribution < -0.4 is 0 Å². The van der Waals surface area contributed by atoms with Crippen molar-refractivity contribution in [2.24, 2.45) is 0 Å². The molecule has 0 fully saturated rings. The van der Waals surface area contributed by atoms with Crippen LogP contribution in [0.2, 0.25) is 5.02 Å². The third kappa shape index (κ3) is 3.59. The van der Waals surface area contributed by atoms with Crippen LogP contribution in [0, 0.1) is 6.92 Å². The maximum atomic E-state index is 10.9. The van der Waals surface area contributed by atoms with Gasteiger partial charge in [-0.2, -0.15) is 0 Å². The van der Waals surface area contributed by atoms with E-state index in [4.69, 9.17) is 25.9 Å². The number of carboxylic acid groups (broad SMARTS) is 1. The molecule has 5 heteroatoms. The van der Waals surface area contributed by atoms with Gasteiger partial charge in [0, 0.05) is 5.02 Å². The molecule has 2 rings (SSSR count). The predicted octanol–water partition coefficient (Wildman–Crippen LogP) is 3.66. The molecule has 0 atom stereocenters. The first-order valence-corrected chi connectivity index (χ1v) is 6.09.